The molecule has 2 saturated carbocycles. The Morgan fingerprint density at radius 2 is 1.30 bits per heavy atom. The smallest absolute Gasteiger partial charge is 0.0215 e. The second kappa shape index (κ2) is 5.32. The summed E-state index contributed by atoms with van der Waals surface area (Å²) >= 11 is 3.83. The van der Waals surface area contributed by atoms with Crippen LogP contribution >= 0.6 is 23.9 Å². The quantitative estimate of drug-likeness (QED) is 0.454. The van der Waals surface area contributed by atoms with Crippen molar-refractivity contribution < 1.29 is 0 Å². The predicted molar refractivity (Wildman–Crippen MR) is 93.0 cm³/mol. The average molecular weight is 342 g/mol. The van der Waals surface area contributed by atoms with Gasteiger partial charge in [-0.2, -0.15) is 0 Å². The normalized spacial score (nSPS) is 30.1. The zero-order valence-corrected chi connectivity index (χ0v) is 13.7. The van der Waals surface area contributed by atoms with Crippen LogP contribution in [0, 0.1) is 5.41 Å². The van der Waals surface area contributed by atoms with Gasteiger partial charge >= 0.3 is 0 Å². The van der Waals surface area contributed by atoms with Crippen molar-refractivity contribution in [3.63, 3.8) is 0 Å². The molecule has 1 spiro atoms. The van der Waals surface area contributed by atoms with Gasteiger partial charge in [0.15, 0.2) is 0 Å². The van der Waals surface area contributed by atoms with E-state index in [-0.39, 0.29) is 16.3 Å². The maximum absolute atomic E-state index is 3.83. The molecule has 3 atom stereocenters. The first-order chi connectivity index (χ1) is 9.31. The monoisotopic (exact) mass is 341 g/mol. The van der Waals surface area contributed by atoms with Crippen LogP contribution in [0.3, 0.4) is 0 Å². The van der Waals surface area contributed by atoms with E-state index < -0.39 is 0 Å². The largest absolute Gasteiger partial charge is 0.0884 e. The minimum absolute atomic E-state index is 0. The van der Waals surface area contributed by atoms with E-state index in [9.17, 15) is 0 Å². The van der Waals surface area contributed by atoms with Crippen molar-refractivity contribution in [2.45, 2.75) is 23.3 Å². The molecule has 20 heavy (non-hydrogen) atoms. The summed E-state index contributed by atoms with van der Waals surface area (Å²) < 4.78 is 0. The molecule has 0 aromatic heterocycles. The van der Waals surface area contributed by atoms with Gasteiger partial charge in [-0.3, -0.25) is 0 Å². The zero-order chi connectivity index (χ0) is 12.9. The van der Waals surface area contributed by atoms with E-state index >= 15 is 0 Å². The van der Waals surface area contributed by atoms with Crippen LogP contribution in [0.2, 0.25) is 0 Å². The maximum Gasteiger partial charge on any atom is 0.0215 e. The molecule has 3 heteroatoms. The summed E-state index contributed by atoms with van der Waals surface area (Å²) in [6.45, 7) is 0. The van der Waals surface area contributed by atoms with Crippen molar-refractivity contribution in [1.29, 1.82) is 0 Å². The van der Waals surface area contributed by atoms with Crippen molar-refractivity contribution in [2.24, 2.45) is 5.41 Å². The maximum atomic E-state index is 3.83. The Balaban J connectivity index is 0.00000121. The second-order valence-corrected chi connectivity index (χ2v) is 9.17. The summed E-state index contributed by atoms with van der Waals surface area (Å²) in [6, 6.07) is 22.2. The van der Waals surface area contributed by atoms with Gasteiger partial charge in [0, 0.05) is 13.2 Å². The molecule has 0 aliphatic heterocycles. The van der Waals surface area contributed by atoms with Gasteiger partial charge in [0.2, 0.25) is 0 Å². The lowest BCUT2D eigenvalue weighted by atomic mass is 10.4. The molecule has 2 fully saturated rings. The Bertz CT molecular complexity index is 549. The van der Waals surface area contributed by atoms with E-state index in [0.717, 1.165) is 10.5 Å². The van der Waals surface area contributed by atoms with Crippen molar-refractivity contribution in [2.75, 3.05) is 0 Å². The highest BCUT2D eigenvalue weighted by Crippen LogP contribution is 2.78. The Labute approximate surface area is 132 Å². The van der Waals surface area contributed by atoms with Gasteiger partial charge in [0.05, 0.1) is 0 Å². The van der Waals surface area contributed by atoms with Gasteiger partial charge in [-0.1, -0.05) is 76.6 Å². The first-order valence-electron chi connectivity index (χ1n) is 6.85. The summed E-state index contributed by atoms with van der Waals surface area (Å²) in [7, 11) is -0.181. The van der Waals surface area contributed by atoms with Crippen LogP contribution in [0.25, 0.3) is 0 Å². The van der Waals surface area contributed by atoms with E-state index in [1.54, 1.807) is 0 Å². The molecule has 2 aliphatic rings. The van der Waals surface area contributed by atoms with Crippen molar-refractivity contribution in [3.8, 4) is 0 Å². The molecule has 0 unspecified atom stereocenters. The molecule has 3 radical (unpaired) electrons. The zero-order valence-electron chi connectivity index (χ0n) is 11.2. The fraction of sp³-hybridized carbons (Fsp3) is 0.294. The predicted octanol–water partition coefficient (Wildman–Crippen LogP) is 3.66. The highest BCUT2D eigenvalue weighted by molar-refractivity contribution is 9.09. The van der Waals surface area contributed by atoms with E-state index in [2.05, 4.69) is 76.6 Å². The summed E-state index contributed by atoms with van der Waals surface area (Å²) in [5.41, 5.74) is 1.54. The highest BCUT2D eigenvalue weighted by atomic mass is 79.9. The fourth-order valence-corrected chi connectivity index (χ4v) is 7.81. The number of hydrogen-bond donors (Lipinski definition) is 0. The lowest BCUT2D eigenvalue weighted by molar-refractivity contribution is 0.910. The number of alkyl halides is 1. The standard InChI is InChI=1S/C17H16BrP.B/c18-15-11-17(15)12-16(17)19(13-7-3-1-4-8-13)14-9-5-2-6-10-14;/h1-10,15-16H,11-12H2;/t15-,16+,17-;/m0./s1. The van der Waals surface area contributed by atoms with Gasteiger partial charge < -0.3 is 0 Å². The van der Waals surface area contributed by atoms with Crippen LogP contribution in [0.1, 0.15) is 12.8 Å². The van der Waals surface area contributed by atoms with Gasteiger partial charge in [-0.25, -0.2) is 0 Å². The molecule has 2 aromatic rings. The molecule has 0 amide bonds. The van der Waals surface area contributed by atoms with Gasteiger partial charge in [0.1, 0.15) is 0 Å². The lowest BCUT2D eigenvalue weighted by Gasteiger charge is -2.19. The summed E-state index contributed by atoms with van der Waals surface area (Å²) in [6.07, 6.45) is 2.80. The van der Waals surface area contributed by atoms with Crippen molar-refractivity contribution in [1.82, 2.24) is 0 Å². The number of rotatable bonds is 3. The third-order valence-corrected chi connectivity index (χ3v) is 8.74. The molecule has 0 bridgehead atoms. The lowest BCUT2D eigenvalue weighted by Crippen LogP contribution is -2.15. The third-order valence-electron chi connectivity index (χ3n) is 4.48. The third kappa shape index (κ3) is 2.28. The summed E-state index contributed by atoms with van der Waals surface area (Å²) in [5.74, 6) is 0. The fourth-order valence-electron chi connectivity index (χ4n) is 3.17. The summed E-state index contributed by atoms with van der Waals surface area (Å²) in [5, 5.41) is 3.08. The van der Waals surface area contributed by atoms with Crippen LogP contribution < -0.4 is 10.6 Å². The van der Waals surface area contributed by atoms with Crippen molar-refractivity contribution >= 4 is 42.9 Å². The van der Waals surface area contributed by atoms with Crippen LogP contribution in [0.4, 0.5) is 0 Å². The number of hydrogen-bond acceptors (Lipinski definition) is 0. The minimum Gasteiger partial charge on any atom is -0.0884 e. The molecular formula is C17H16BBrP. The van der Waals surface area contributed by atoms with Gasteiger partial charge in [-0.15, -0.1) is 0 Å². The Morgan fingerprint density at radius 3 is 1.65 bits per heavy atom. The molecule has 2 aromatic carbocycles. The van der Waals surface area contributed by atoms with E-state index in [0.29, 0.717) is 5.41 Å². The van der Waals surface area contributed by atoms with Gasteiger partial charge in [-0.05, 0) is 42.4 Å². The van der Waals surface area contributed by atoms with Gasteiger partial charge in [0.25, 0.3) is 0 Å². The molecule has 0 N–H and O–H groups in total. The Hall–Kier alpha value is -0.585. The van der Waals surface area contributed by atoms with Crippen LogP contribution in [0.15, 0.2) is 60.7 Å². The average Bonchev–Trinajstić information content (AvgIpc) is 3.32. The second-order valence-electron chi connectivity index (χ2n) is 5.67. The topological polar surface area (TPSA) is 0 Å². The van der Waals surface area contributed by atoms with E-state index in [1.165, 1.54) is 23.5 Å². The summed E-state index contributed by atoms with van der Waals surface area (Å²) in [4.78, 5) is 0.780. The number of halogens is 1. The molecular weight excluding hydrogens is 326 g/mol. The van der Waals surface area contributed by atoms with E-state index in [1.807, 2.05) is 0 Å². The van der Waals surface area contributed by atoms with Crippen LogP contribution in [-0.4, -0.2) is 18.9 Å². The molecule has 4 rings (SSSR count). The highest BCUT2D eigenvalue weighted by Gasteiger charge is 2.71. The Morgan fingerprint density at radius 1 is 0.850 bits per heavy atom. The number of benzene rings is 2. The molecule has 2 aliphatic carbocycles. The molecule has 0 saturated heterocycles. The van der Waals surface area contributed by atoms with E-state index in [4.69, 9.17) is 0 Å². The van der Waals surface area contributed by atoms with Crippen molar-refractivity contribution in [3.05, 3.63) is 60.7 Å². The van der Waals surface area contributed by atoms with Crippen LogP contribution in [-0.2, 0) is 0 Å². The SMILES string of the molecule is Br[C@H]1C[C@]12C[C@H]2P(c1ccccc1)c1ccccc1.[B]. The molecule has 0 nitrogen and oxygen atoms in total. The molecule has 0 heterocycles. The first-order valence-corrected chi connectivity index (χ1v) is 9.17. The first kappa shape index (κ1) is 14.4. The minimum atomic E-state index is -0.181. The molecule has 99 valence electrons. The Kier molecular flexibility index (Phi) is 3.82. The van der Waals surface area contributed by atoms with Crippen LogP contribution in [0.5, 0.6) is 0 Å².